The van der Waals surface area contributed by atoms with Crippen molar-refractivity contribution < 1.29 is 9.53 Å². The van der Waals surface area contributed by atoms with E-state index in [0.717, 1.165) is 19.3 Å². The van der Waals surface area contributed by atoms with Crippen LogP contribution in [0.2, 0.25) is 0 Å². The third-order valence-corrected chi connectivity index (χ3v) is 2.64. The van der Waals surface area contributed by atoms with Crippen molar-refractivity contribution in [2.24, 2.45) is 11.7 Å². The molecule has 0 aromatic heterocycles. The smallest absolute Gasteiger partial charge is 0.305 e. The predicted molar refractivity (Wildman–Crippen MR) is 51.2 cm³/mol. The second-order valence-electron chi connectivity index (χ2n) is 3.78. The van der Waals surface area contributed by atoms with Gasteiger partial charge in [-0.15, -0.1) is 0 Å². The standard InChI is InChI=1S/C10H19NO2/c1-2-13-10(12)6-4-8-3-5-9(11)7-8/h8-9H,2-7,11H2,1H3/t8-,9-/m0/s1. The molecule has 2 N–H and O–H groups in total. The molecular formula is C10H19NO2. The highest BCUT2D eigenvalue weighted by Gasteiger charge is 2.22. The molecule has 0 aliphatic heterocycles. The van der Waals surface area contributed by atoms with Crippen molar-refractivity contribution in [3.05, 3.63) is 0 Å². The average Bonchev–Trinajstić information content (AvgIpc) is 2.49. The Bertz CT molecular complexity index is 170. The zero-order valence-corrected chi connectivity index (χ0v) is 8.29. The molecule has 3 heteroatoms. The van der Waals surface area contributed by atoms with Crippen LogP contribution in [0.3, 0.4) is 0 Å². The van der Waals surface area contributed by atoms with Crippen LogP contribution >= 0.6 is 0 Å². The van der Waals surface area contributed by atoms with Gasteiger partial charge in [-0.05, 0) is 38.5 Å². The first kappa shape index (κ1) is 10.5. The van der Waals surface area contributed by atoms with E-state index in [1.165, 1.54) is 6.42 Å². The van der Waals surface area contributed by atoms with Crippen molar-refractivity contribution in [2.75, 3.05) is 6.61 Å². The van der Waals surface area contributed by atoms with Crippen LogP contribution in [0.25, 0.3) is 0 Å². The number of carbonyl (C=O) groups excluding carboxylic acids is 1. The van der Waals surface area contributed by atoms with Gasteiger partial charge in [0.05, 0.1) is 6.61 Å². The highest BCUT2D eigenvalue weighted by molar-refractivity contribution is 5.69. The fourth-order valence-electron chi connectivity index (χ4n) is 1.93. The maximum absolute atomic E-state index is 11.0. The lowest BCUT2D eigenvalue weighted by molar-refractivity contribution is -0.143. The van der Waals surface area contributed by atoms with Gasteiger partial charge in [-0.25, -0.2) is 0 Å². The van der Waals surface area contributed by atoms with Crippen molar-refractivity contribution in [1.29, 1.82) is 0 Å². The lowest BCUT2D eigenvalue weighted by Crippen LogP contribution is -2.15. The number of hydrogen-bond acceptors (Lipinski definition) is 3. The molecule has 0 unspecified atom stereocenters. The summed E-state index contributed by atoms with van der Waals surface area (Å²) in [6.07, 6.45) is 4.89. The first-order chi connectivity index (χ1) is 6.22. The summed E-state index contributed by atoms with van der Waals surface area (Å²) in [6.45, 7) is 2.33. The Hall–Kier alpha value is -0.570. The minimum Gasteiger partial charge on any atom is -0.466 e. The monoisotopic (exact) mass is 185 g/mol. The minimum absolute atomic E-state index is 0.0667. The normalized spacial score (nSPS) is 27.5. The summed E-state index contributed by atoms with van der Waals surface area (Å²) in [6, 6.07) is 0.368. The van der Waals surface area contributed by atoms with E-state index in [1.807, 2.05) is 6.92 Å². The summed E-state index contributed by atoms with van der Waals surface area (Å²) < 4.78 is 4.86. The van der Waals surface area contributed by atoms with Gasteiger partial charge in [0, 0.05) is 12.5 Å². The summed E-state index contributed by atoms with van der Waals surface area (Å²) in [7, 11) is 0. The number of rotatable bonds is 4. The maximum atomic E-state index is 11.0. The Morgan fingerprint density at radius 3 is 2.85 bits per heavy atom. The Balaban J connectivity index is 2.09. The van der Waals surface area contributed by atoms with E-state index >= 15 is 0 Å². The quantitative estimate of drug-likeness (QED) is 0.674. The molecule has 1 fully saturated rings. The molecule has 1 aliphatic carbocycles. The molecule has 0 bridgehead atoms. The summed E-state index contributed by atoms with van der Waals surface area (Å²) in [5.74, 6) is 0.586. The van der Waals surface area contributed by atoms with E-state index < -0.39 is 0 Å². The maximum Gasteiger partial charge on any atom is 0.305 e. The van der Waals surface area contributed by atoms with E-state index in [1.54, 1.807) is 0 Å². The van der Waals surface area contributed by atoms with E-state index in [2.05, 4.69) is 0 Å². The van der Waals surface area contributed by atoms with Gasteiger partial charge >= 0.3 is 5.97 Å². The molecule has 13 heavy (non-hydrogen) atoms. The second kappa shape index (κ2) is 5.22. The van der Waals surface area contributed by atoms with Crippen LogP contribution < -0.4 is 5.73 Å². The Morgan fingerprint density at radius 2 is 2.31 bits per heavy atom. The number of hydrogen-bond donors (Lipinski definition) is 1. The van der Waals surface area contributed by atoms with Gasteiger partial charge in [-0.2, -0.15) is 0 Å². The van der Waals surface area contributed by atoms with E-state index in [-0.39, 0.29) is 5.97 Å². The van der Waals surface area contributed by atoms with Crippen LogP contribution in [0.15, 0.2) is 0 Å². The molecule has 3 nitrogen and oxygen atoms in total. The van der Waals surface area contributed by atoms with Crippen molar-refractivity contribution >= 4 is 5.97 Å². The van der Waals surface area contributed by atoms with Crippen molar-refractivity contribution in [1.82, 2.24) is 0 Å². The number of ether oxygens (including phenoxy) is 1. The topological polar surface area (TPSA) is 52.3 Å². The van der Waals surface area contributed by atoms with Crippen molar-refractivity contribution in [3.63, 3.8) is 0 Å². The first-order valence-corrected chi connectivity index (χ1v) is 5.13. The molecule has 0 heterocycles. The van der Waals surface area contributed by atoms with Crippen molar-refractivity contribution in [2.45, 2.75) is 45.1 Å². The molecule has 2 atom stereocenters. The fourth-order valence-corrected chi connectivity index (χ4v) is 1.93. The fraction of sp³-hybridized carbons (Fsp3) is 0.900. The second-order valence-corrected chi connectivity index (χ2v) is 3.78. The molecule has 0 spiro atoms. The first-order valence-electron chi connectivity index (χ1n) is 5.13. The van der Waals surface area contributed by atoms with Crippen LogP contribution in [-0.2, 0) is 9.53 Å². The molecule has 1 aliphatic rings. The highest BCUT2D eigenvalue weighted by Crippen LogP contribution is 2.27. The van der Waals surface area contributed by atoms with Gasteiger partial charge in [0.25, 0.3) is 0 Å². The van der Waals surface area contributed by atoms with Crippen LogP contribution in [0.4, 0.5) is 0 Å². The summed E-state index contributed by atoms with van der Waals surface area (Å²) in [4.78, 5) is 11.0. The van der Waals surface area contributed by atoms with E-state index in [0.29, 0.717) is 25.0 Å². The Labute approximate surface area is 79.6 Å². The Morgan fingerprint density at radius 1 is 1.54 bits per heavy atom. The van der Waals surface area contributed by atoms with Gasteiger partial charge in [0.1, 0.15) is 0 Å². The van der Waals surface area contributed by atoms with E-state index in [4.69, 9.17) is 10.5 Å². The largest absolute Gasteiger partial charge is 0.466 e. The molecule has 0 aromatic carbocycles. The highest BCUT2D eigenvalue weighted by atomic mass is 16.5. The predicted octanol–water partition coefficient (Wildman–Crippen LogP) is 1.46. The van der Waals surface area contributed by atoms with Gasteiger partial charge in [0.2, 0.25) is 0 Å². The lowest BCUT2D eigenvalue weighted by Gasteiger charge is -2.08. The zero-order valence-electron chi connectivity index (χ0n) is 8.29. The van der Waals surface area contributed by atoms with Crippen LogP contribution in [0, 0.1) is 5.92 Å². The minimum atomic E-state index is -0.0667. The molecule has 76 valence electrons. The number of carbonyl (C=O) groups is 1. The molecule has 0 amide bonds. The van der Waals surface area contributed by atoms with Crippen LogP contribution in [-0.4, -0.2) is 18.6 Å². The molecule has 0 aromatic rings. The average molecular weight is 185 g/mol. The third-order valence-electron chi connectivity index (χ3n) is 2.64. The SMILES string of the molecule is CCOC(=O)CC[C@@H]1CC[C@H](N)C1. The third kappa shape index (κ3) is 3.77. The van der Waals surface area contributed by atoms with Crippen molar-refractivity contribution in [3.8, 4) is 0 Å². The molecule has 1 rings (SSSR count). The number of nitrogens with two attached hydrogens (primary N) is 1. The molecule has 0 radical (unpaired) electrons. The molecular weight excluding hydrogens is 166 g/mol. The molecule has 0 saturated heterocycles. The summed E-state index contributed by atoms with van der Waals surface area (Å²) >= 11 is 0. The van der Waals surface area contributed by atoms with Gasteiger partial charge < -0.3 is 10.5 Å². The van der Waals surface area contributed by atoms with Crippen LogP contribution in [0.1, 0.15) is 39.0 Å². The summed E-state index contributed by atoms with van der Waals surface area (Å²) in [5.41, 5.74) is 5.77. The Kier molecular flexibility index (Phi) is 4.22. The van der Waals surface area contributed by atoms with Crippen LogP contribution in [0.5, 0.6) is 0 Å². The summed E-state index contributed by atoms with van der Waals surface area (Å²) in [5, 5.41) is 0. The van der Waals surface area contributed by atoms with Gasteiger partial charge in [-0.3, -0.25) is 4.79 Å². The van der Waals surface area contributed by atoms with Gasteiger partial charge in [-0.1, -0.05) is 0 Å². The van der Waals surface area contributed by atoms with Gasteiger partial charge in [0.15, 0.2) is 0 Å². The lowest BCUT2D eigenvalue weighted by atomic mass is 10.0. The zero-order chi connectivity index (χ0) is 9.68. The van der Waals surface area contributed by atoms with E-state index in [9.17, 15) is 4.79 Å². The molecule has 1 saturated carbocycles. The number of esters is 1.